The SMILES string of the molecule is Cc1c(-c2ccc3cnc(Nc4ccc(N5CCC(CN6Cc7ccc(C8CCC(=O)NC8=O)cc7C6)CC5)c(F)c4)nc3c2)cnc2c1N(C(=O)OC(C)(C)C)CCO2. The molecule has 0 saturated carbocycles. The number of nitrogens with one attached hydrogen (secondary N) is 2. The van der Waals surface area contributed by atoms with Gasteiger partial charge in [0.15, 0.2) is 0 Å². The molecule has 2 aromatic heterocycles. The third kappa shape index (κ3) is 8.08. The summed E-state index contributed by atoms with van der Waals surface area (Å²) >= 11 is 0. The number of benzene rings is 3. The van der Waals surface area contributed by atoms with Crippen LogP contribution in [0.3, 0.4) is 0 Å². The van der Waals surface area contributed by atoms with Gasteiger partial charge in [-0.25, -0.2) is 24.1 Å². The number of amides is 3. The summed E-state index contributed by atoms with van der Waals surface area (Å²) in [4.78, 5) is 57.3. The molecule has 9 rings (SSSR count). The van der Waals surface area contributed by atoms with Crippen molar-refractivity contribution in [1.29, 1.82) is 0 Å². The molecule has 4 aliphatic heterocycles. The van der Waals surface area contributed by atoms with Gasteiger partial charge in [-0.15, -0.1) is 0 Å². The fourth-order valence-electron chi connectivity index (χ4n) is 8.91. The smallest absolute Gasteiger partial charge is 0.415 e. The average Bonchev–Trinajstić information content (AvgIpc) is 3.62. The molecule has 0 radical (unpaired) electrons. The van der Waals surface area contributed by atoms with E-state index in [4.69, 9.17) is 14.5 Å². The number of piperidine rings is 2. The third-order valence-corrected chi connectivity index (χ3v) is 11.9. The Morgan fingerprint density at radius 3 is 2.57 bits per heavy atom. The number of ether oxygens (including phenoxy) is 2. The Morgan fingerprint density at radius 1 is 0.967 bits per heavy atom. The number of pyridine rings is 1. The summed E-state index contributed by atoms with van der Waals surface area (Å²) in [5, 5.41) is 6.50. The van der Waals surface area contributed by atoms with E-state index in [1.54, 1.807) is 17.3 Å². The Kier molecular flexibility index (Phi) is 10.3. The van der Waals surface area contributed by atoms with Gasteiger partial charge >= 0.3 is 6.09 Å². The Bertz CT molecular complexity index is 2520. The normalized spacial score (nSPS) is 18.5. The van der Waals surface area contributed by atoms with E-state index in [0.717, 1.165) is 73.2 Å². The molecule has 2 fully saturated rings. The molecule has 6 heterocycles. The van der Waals surface area contributed by atoms with E-state index in [9.17, 15) is 14.4 Å². The molecule has 0 bridgehead atoms. The number of halogens is 1. The number of imide groups is 1. The minimum Gasteiger partial charge on any atom is -0.474 e. The van der Waals surface area contributed by atoms with E-state index in [2.05, 4.69) is 42.5 Å². The van der Waals surface area contributed by atoms with Gasteiger partial charge in [0, 0.05) is 68.2 Å². The van der Waals surface area contributed by atoms with Crippen LogP contribution in [-0.2, 0) is 27.4 Å². The van der Waals surface area contributed by atoms with Crippen LogP contribution < -0.4 is 25.2 Å². The first-order chi connectivity index (χ1) is 28.8. The molecule has 3 aromatic carbocycles. The summed E-state index contributed by atoms with van der Waals surface area (Å²) < 4.78 is 27.2. The molecular formula is C46H49FN8O5. The minimum atomic E-state index is -0.648. The Morgan fingerprint density at radius 2 is 1.78 bits per heavy atom. The van der Waals surface area contributed by atoms with Gasteiger partial charge in [-0.05, 0) is 105 Å². The average molecular weight is 813 g/mol. The highest BCUT2D eigenvalue weighted by atomic mass is 19.1. The highest BCUT2D eigenvalue weighted by molar-refractivity contribution is 6.01. The summed E-state index contributed by atoms with van der Waals surface area (Å²) in [6.07, 6.45) is 5.90. The van der Waals surface area contributed by atoms with Crippen LogP contribution in [0.15, 0.2) is 67.0 Å². The molecule has 2 N–H and O–H groups in total. The molecule has 1 atom stereocenters. The lowest BCUT2D eigenvalue weighted by atomic mass is 9.89. The van der Waals surface area contributed by atoms with Gasteiger partial charge < -0.3 is 19.7 Å². The van der Waals surface area contributed by atoms with Crippen molar-refractivity contribution >= 4 is 51.8 Å². The van der Waals surface area contributed by atoms with Gasteiger partial charge in [0.25, 0.3) is 0 Å². The molecule has 2 saturated heterocycles. The zero-order chi connectivity index (χ0) is 41.7. The van der Waals surface area contributed by atoms with Crippen LogP contribution in [0.25, 0.3) is 22.0 Å². The van der Waals surface area contributed by atoms with Crippen molar-refractivity contribution in [3.8, 4) is 17.0 Å². The van der Waals surface area contributed by atoms with Crippen molar-refractivity contribution in [2.75, 3.05) is 47.9 Å². The molecule has 4 aliphatic rings. The highest BCUT2D eigenvalue weighted by Gasteiger charge is 2.33. The number of carbonyl (C=O) groups excluding carboxylic acids is 3. The number of carbonyl (C=O) groups is 3. The van der Waals surface area contributed by atoms with E-state index < -0.39 is 11.7 Å². The van der Waals surface area contributed by atoms with Crippen molar-refractivity contribution in [3.05, 3.63) is 95.1 Å². The van der Waals surface area contributed by atoms with Crippen LogP contribution in [0.4, 0.5) is 32.2 Å². The van der Waals surface area contributed by atoms with Crippen LogP contribution in [0, 0.1) is 18.7 Å². The van der Waals surface area contributed by atoms with Crippen molar-refractivity contribution in [2.45, 2.75) is 78.0 Å². The second-order valence-corrected chi connectivity index (χ2v) is 17.3. The second kappa shape index (κ2) is 15.8. The van der Waals surface area contributed by atoms with Gasteiger partial charge in [0.05, 0.1) is 23.7 Å². The van der Waals surface area contributed by atoms with Gasteiger partial charge in [-0.3, -0.25) is 24.7 Å². The first kappa shape index (κ1) is 39.3. The van der Waals surface area contributed by atoms with Crippen molar-refractivity contribution in [1.82, 2.24) is 25.2 Å². The van der Waals surface area contributed by atoms with E-state index in [1.807, 2.05) is 64.1 Å². The zero-order valence-corrected chi connectivity index (χ0v) is 34.4. The first-order valence-corrected chi connectivity index (χ1v) is 20.7. The van der Waals surface area contributed by atoms with Gasteiger partial charge in [0.1, 0.15) is 23.7 Å². The van der Waals surface area contributed by atoms with E-state index in [0.29, 0.717) is 66.3 Å². The highest BCUT2D eigenvalue weighted by Crippen LogP contribution is 2.40. The monoisotopic (exact) mass is 812 g/mol. The molecule has 0 aliphatic carbocycles. The van der Waals surface area contributed by atoms with Crippen molar-refractivity contribution in [3.63, 3.8) is 0 Å². The number of hydrogen-bond acceptors (Lipinski definition) is 11. The zero-order valence-electron chi connectivity index (χ0n) is 34.4. The molecule has 1 unspecified atom stereocenters. The van der Waals surface area contributed by atoms with Crippen LogP contribution in [-0.4, -0.2) is 76.1 Å². The lowest BCUT2D eigenvalue weighted by molar-refractivity contribution is -0.134. The maximum atomic E-state index is 15.7. The number of aromatic nitrogens is 3. The summed E-state index contributed by atoms with van der Waals surface area (Å²) in [5.41, 5.74) is 7.82. The molecule has 60 heavy (non-hydrogen) atoms. The Labute approximate surface area is 348 Å². The van der Waals surface area contributed by atoms with Crippen LogP contribution in [0.1, 0.15) is 74.6 Å². The standard InChI is InChI=1S/C46H49FN8O5/c1-27-36(23-48-43-41(27)55(17-18-59-43)45(58)60-46(2,3)4)30-5-7-31-22-49-44(51-38(31)20-30)50-34-9-11-39(37(47)21-34)54-15-13-28(14-16-54)24-53-25-32-8-6-29(19-33(32)26-53)35-10-12-40(56)52-42(35)57/h5-9,11,19-23,28,35H,10,12-18,24-26H2,1-4H3,(H,49,50,51)(H,52,56,57). The molecule has 14 heteroatoms. The molecule has 310 valence electrons. The number of fused-ring (bicyclic) bond motifs is 3. The minimum absolute atomic E-state index is 0.195. The van der Waals surface area contributed by atoms with Crippen LogP contribution >= 0.6 is 0 Å². The molecular weight excluding hydrogens is 764 g/mol. The predicted octanol–water partition coefficient (Wildman–Crippen LogP) is 7.77. The number of rotatable bonds is 7. The maximum Gasteiger partial charge on any atom is 0.415 e. The molecule has 3 amide bonds. The summed E-state index contributed by atoms with van der Waals surface area (Å²) in [6.45, 7) is 12.4. The van der Waals surface area contributed by atoms with Gasteiger partial charge in [0.2, 0.25) is 23.6 Å². The second-order valence-electron chi connectivity index (χ2n) is 17.3. The summed E-state index contributed by atoms with van der Waals surface area (Å²) in [7, 11) is 0. The van der Waals surface area contributed by atoms with Gasteiger partial charge in [-0.1, -0.05) is 30.3 Å². The Balaban J connectivity index is 0.825. The van der Waals surface area contributed by atoms with E-state index in [1.165, 1.54) is 17.2 Å². The number of anilines is 4. The number of nitrogens with zero attached hydrogens (tertiary/aromatic N) is 6. The fraction of sp³-hybridized carbons (Fsp3) is 0.391. The quantitative estimate of drug-likeness (QED) is 0.156. The first-order valence-electron chi connectivity index (χ1n) is 20.7. The fourth-order valence-corrected chi connectivity index (χ4v) is 8.91. The van der Waals surface area contributed by atoms with E-state index >= 15 is 4.39 Å². The molecule has 0 spiro atoms. The summed E-state index contributed by atoms with van der Waals surface area (Å²) in [5.74, 6) is 0.268. The van der Waals surface area contributed by atoms with Crippen LogP contribution in [0.2, 0.25) is 0 Å². The van der Waals surface area contributed by atoms with Crippen LogP contribution in [0.5, 0.6) is 5.88 Å². The third-order valence-electron chi connectivity index (χ3n) is 11.9. The lowest BCUT2D eigenvalue weighted by Gasteiger charge is -2.35. The summed E-state index contributed by atoms with van der Waals surface area (Å²) in [6, 6.07) is 17.4. The predicted molar refractivity (Wildman–Crippen MR) is 227 cm³/mol. The Hall–Kier alpha value is -6.15. The van der Waals surface area contributed by atoms with Gasteiger partial charge in [-0.2, -0.15) is 0 Å². The number of hydrogen-bond donors (Lipinski definition) is 2. The lowest BCUT2D eigenvalue weighted by Crippen LogP contribution is -2.42. The largest absolute Gasteiger partial charge is 0.474 e. The van der Waals surface area contributed by atoms with Crippen molar-refractivity contribution in [2.24, 2.45) is 5.92 Å². The molecule has 13 nitrogen and oxygen atoms in total. The topological polar surface area (TPSA) is 142 Å². The van der Waals surface area contributed by atoms with Crippen molar-refractivity contribution < 1.29 is 28.2 Å². The maximum absolute atomic E-state index is 15.7. The van der Waals surface area contributed by atoms with E-state index in [-0.39, 0.29) is 23.5 Å². The molecule has 5 aromatic rings.